The van der Waals surface area contributed by atoms with Gasteiger partial charge in [0.15, 0.2) is 6.79 Å². The smallest absolute Gasteiger partial charge is 0.230 e. The fourth-order valence-corrected chi connectivity index (χ4v) is 5.29. The number of carbonyl (C=O) groups excluding carboxylic acids is 1. The number of hydrogen-bond acceptors (Lipinski definition) is 4. The molecule has 0 spiro atoms. The molecule has 4 rings (SSSR count). The molecule has 0 saturated heterocycles. The average Bonchev–Trinajstić information content (AvgIpc) is 2.73. The quantitative estimate of drug-likeness (QED) is 0.556. The lowest BCUT2D eigenvalue weighted by Crippen LogP contribution is -2.35. The van der Waals surface area contributed by atoms with Crippen molar-refractivity contribution in [1.82, 2.24) is 0 Å². The molecule has 6 heteroatoms. The summed E-state index contributed by atoms with van der Waals surface area (Å²) in [5.74, 6) is 1.70. The molecule has 2 aromatic carbocycles. The van der Waals surface area contributed by atoms with E-state index in [-0.39, 0.29) is 18.1 Å². The van der Waals surface area contributed by atoms with Crippen LogP contribution >= 0.6 is 23.4 Å². The van der Waals surface area contributed by atoms with Gasteiger partial charge in [-0.25, -0.2) is 0 Å². The van der Waals surface area contributed by atoms with E-state index in [4.69, 9.17) is 21.1 Å². The number of nitrogens with one attached hydrogen (secondary N) is 1. The second-order valence-corrected chi connectivity index (χ2v) is 9.48. The van der Waals surface area contributed by atoms with E-state index in [1.54, 1.807) is 11.8 Å². The van der Waals surface area contributed by atoms with E-state index in [9.17, 15) is 4.79 Å². The number of ether oxygens (including phenoxy) is 2. The largest absolute Gasteiger partial charge is 0.467 e. The van der Waals surface area contributed by atoms with Crippen molar-refractivity contribution in [3.05, 3.63) is 52.5 Å². The number of benzene rings is 2. The minimum absolute atomic E-state index is 0.130. The van der Waals surface area contributed by atoms with Gasteiger partial charge < -0.3 is 14.8 Å². The first-order chi connectivity index (χ1) is 14.0. The van der Waals surface area contributed by atoms with Gasteiger partial charge in [0, 0.05) is 32.2 Å². The number of thioether (sulfide) groups is 1. The van der Waals surface area contributed by atoms with Crippen LogP contribution in [0.1, 0.15) is 50.2 Å². The zero-order chi connectivity index (χ0) is 20.3. The Morgan fingerprint density at radius 3 is 2.83 bits per heavy atom. The summed E-state index contributed by atoms with van der Waals surface area (Å²) in [6.07, 6.45) is 5.41. The van der Waals surface area contributed by atoms with Crippen molar-refractivity contribution in [2.75, 3.05) is 12.1 Å². The number of rotatable bonds is 5. The van der Waals surface area contributed by atoms with Crippen LogP contribution < -0.4 is 10.1 Å². The molecule has 1 heterocycles. The van der Waals surface area contributed by atoms with Crippen LogP contribution in [-0.2, 0) is 21.9 Å². The highest BCUT2D eigenvalue weighted by molar-refractivity contribution is 7.98. The maximum atomic E-state index is 13.0. The summed E-state index contributed by atoms with van der Waals surface area (Å²) in [5.41, 5.74) is 2.62. The molecule has 1 N–H and O–H groups in total. The molecule has 1 saturated carbocycles. The molecule has 4 nitrogen and oxygen atoms in total. The van der Waals surface area contributed by atoms with Crippen LogP contribution in [-0.4, -0.2) is 12.7 Å². The Morgan fingerprint density at radius 2 is 2.00 bits per heavy atom. The van der Waals surface area contributed by atoms with Gasteiger partial charge in [0.05, 0.1) is 12.3 Å². The normalized spacial score (nSPS) is 17.9. The van der Waals surface area contributed by atoms with E-state index in [1.165, 1.54) is 6.42 Å². The second-order valence-electron chi connectivity index (χ2n) is 8.02. The second kappa shape index (κ2) is 8.99. The molecular formula is C23H26ClNO3S. The van der Waals surface area contributed by atoms with Crippen LogP contribution in [0.25, 0.3) is 0 Å². The van der Waals surface area contributed by atoms with Crippen LogP contribution in [0.4, 0.5) is 5.69 Å². The average molecular weight is 432 g/mol. The molecule has 0 atom stereocenters. The van der Waals surface area contributed by atoms with E-state index >= 15 is 0 Å². The molecule has 1 aliphatic heterocycles. The van der Waals surface area contributed by atoms with Crippen molar-refractivity contribution in [3.8, 4) is 5.75 Å². The molecule has 0 unspecified atom stereocenters. The van der Waals surface area contributed by atoms with Crippen molar-refractivity contribution in [2.45, 2.75) is 56.3 Å². The summed E-state index contributed by atoms with van der Waals surface area (Å²) < 4.78 is 11.1. The predicted molar refractivity (Wildman–Crippen MR) is 118 cm³/mol. The number of fused-ring (bicyclic) bond motifs is 1. The fourth-order valence-electron chi connectivity index (χ4n) is 4.05. The van der Waals surface area contributed by atoms with E-state index in [2.05, 4.69) is 12.2 Å². The van der Waals surface area contributed by atoms with Gasteiger partial charge in [-0.15, -0.1) is 11.8 Å². The first-order valence-corrected chi connectivity index (χ1v) is 11.5. The van der Waals surface area contributed by atoms with Gasteiger partial charge in [0.2, 0.25) is 5.91 Å². The Labute approximate surface area is 181 Å². The Morgan fingerprint density at radius 1 is 1.21 bits per heavy atom. The Bertz CT molecular complexity index is 896. The van der Waals surface area contributed by atoms with Gasteiger partial charge in [0.1, 0.15) is 5.75 Å². The summed E-state index contributed by atoms with van der Waals surface area (Å²) in [5, 5.41) is 3.87. The molecule has 0 radical (unpaired) electrons. The van der Waals surface area contributed by atoms with Crippen molar-refractivity contribution in [2.24, 2.45) is 5.41 Å². The molecule has 1 fully saturated rings. The molecule has 0 aromatic heterocycles. The molecule has 2 aliphatic rings. The molecule has 1 aliphatic carbocycles. The van der Waals surface area contributed by atoms with E-state index in [1.807, 2.05) is 36.4 Å². The van der Waals surface area contributed by atoms with Gasteiger partial charge in [0.25, 0.3) is 0 Å². The highest BCUT2D eigenvalue weighted by atomic mass is 35.5. The maximum absolute atomic E-state index is 13.0. The summed E-state index contributed by atoms with van der Waals surface area (Å²) in [6, 6.07) is 11.8. The number of carbonyl (C=O) groups is 1. The Balaban J connectivity index is 1.50. The highest BCUT2D eigenvalue weighted by Gasteiger charge is 2.34. The third-order valence-electron chi connectivity index (χ3n) is 5.78. The zero-order valence-electron chi connectivity index (χ0n) is 16.6. The minimum Gasteiger partial charge on any atom is -0.467 e. The Hall–Kier alpha value is -1.69. The lowest BCUT2D eigenvalue weighted by molar-refractivity contribution is -0.126. The predicted octanol–water partition coefficient (Wildman–Crippen LogP) is 6.41. The third-order valence-corrected chi connectivity index (χ3v) is 7.12. The first-order valence-electron chi connectivity index (χ1n) is 10.1. The molecule has 29 heavy (non-hydrogen) atoms. The van der Waals surface area contributed by atoms with Crippen molar-refractivity contribution < 1.29 is 14.3 Å². The zero-order valence-corrected chi connectivity index (χ0v) is 18.2. The van der Waals surface area contributed by atoms with Crippen molar-refractivity contribution in [1.29, 1.82) is 0 Å². The van der Waals surface area contributed by atoms with E-state index < -0.39 is 0 Å². The number of para-hydroxylation sites is 1. The standard InChI is InChI=1S/C23H26ClNO3S/c1-23(9-5-2-6-10-23)22(26)25-19-7-3-4-8-20(19)29-14-17-12-18(24)11-16-13-27-15-28-21(16)17/h3-4,7-8,11-12H,2,5-6,9-10,13-15H2,1H3,(H,25,26). The summed E-state index contributed by atoms with van der Waals surface area (Å²) in [7, 11) is 0. The van der Waals surface area contributed by atoms with Gasteiger partial charge in [-0.3, -0.25) is 4.79 Å². The fraction of sp³-hybridized carbons (Fsp3) is 0.435. The lowest BCUT2D eigenvalue weighted by atomic mass is 9.75. The SMILES string of the molecule is CC1(C(=O)Nc2ccccc2SCc2cc(Cl)cc3c2OCOC3)CCCCC1. The number of amides is 1. The molecule has 0 bridgehead atoms. The topological polar surface area (TPSA) is 47.6 Å². The van der Waals surface area contributed by atoms with E-state index in [0.29, 0.717) is 17.4 Å². The molecule has 1 amide bonds. The maximum Gasteiger partial charge on any atom is 0.230 e. The third kappa shape index (κ3) is 4.73. The summed E-state index contributed by atoms with van der Waals surface area (Å²) in [4.78, 5) is 14.0. The minimum atomic E-state index is -0.268. The van der Waals surface area contributed by atoms with Crippen molar-refractivity contribution >= 4 is 35.0 Å². The number of halogens is 1. The van der Waals surface area contributed by atoms with Crippen LogP contribution in [0, 0.1) is 5.41 Å². The van der Waals surface area contributed by atoms with Crippen LogP contribution in [0.5, 0.6) is 5.75 Å². The van der Waals surface area contributed by atoms with Gasteiger partial charge in [-0.2, -0.15) is 0 Å². The molecule has 154 valence electrons. The van der Waals surface area contributed by atoms with Crippen LogP contribution in [0.3, 0.4) is 0 Å². The Kier molecular flexibility index (Phi) is 6.38. The van der Waals surface area contributed by atoms with Crippen molar-refractivity contribution in [3.63, 3.8) is 0 Å². The van der Waals surface area contributed by atoms with Crippen LogP contribution in [0.2, 0.25) is 5.02 Å². The molecular weight excluding hydrogens is 406 g/mol. The van der Waals surface area contributed by atoms with Crippen LogP contribution in [0.15, 0.2) is 41.3 Å². The molecule has 2 aromatic rings. The summed E-state index contributed by atoms with van der Waals surface area (Å²) >= 11 is 7.96. The van der Waals surface area contributed by atoms with Gasteiger partial charge in [-0.05, 0) is 37.1 Å². The monoisotopic (exact) mass is 431 g/mol. The van der Waals surface area contributed by atoms with Gasteiger partial charge >= 0.3 is 0 Å². The van der Waals surface area contributed by atoms with Gasteiger partial charge in [-0.1, -0.05) is 49.9 Å². The highest BCUT2D eigenvalue weighted by Crippen LogP contribution is 2.39. The number of anilines is 1. The summed E-state index contributed by atoms with van der Waals surface area (Å²) in [6.45, 7) is 2.87. The lowest BCUT2D eigenvalue weighted by Gasteiger charge is -2.32. The first kappa shape index (κ1) is 20.6. The number of hydrogen-bond donors (Lipinski definition) is 1. The van der Waals surface area contributed by atoms with E-state index in [0.717, 1.165) is 53.1 Å².